The van der Waals surface area contributed by atoms with Crippen LogP contribution in [0.25, 0.3) is 0 Å². The second-order valence-electron chi connectivity index (χ2n) is 5.45. The molecule has 0 saturated heterocycles. The van der Waals surface area contributed by atoms with Crippen molar-refractivity contribution in [1.82, 2.24) is 4.31 Å². The van der Waals surface area contributed by atoms with Crippen LogP contribution in [0, 0.1) is 0 Å². The SMILES string of the molecule is COc1cc(Br)c(S(=O)(=O)N(C)C2CCCCC2)cc1OC. The number of sulfonamides is 1. The summed E-state index contributed by atoms with van der Waals surface area (Å²) < 4.78 is 38.2. The first-order chi connectivity index (χ1) is 10.4. The molecular formula is C15H22BrNO4S. The summed E-state index contributed by atoms with van der Waals surface area (Å²) >= 11 is 3.34. The second kappa shape index (κ2) is 7.19. The van der Waals surface area contributed by atoms with Crippen molar-refractivity contribution in [3.63, 3.8) is 0 Å². The van der Waals surface area contributed by atoms with Gasteiger partial charge in [0.25, 0.3) is 0 Å². The van der Waals surface area contributed by atoms with E-state index in [0.717, 1.165) is 25.7 Å². The highest BCUT2D eigenvalue weighted by Crippen LogP contribution is 2.37. The molecule has 1 aliphatic carbocycles. The van der Waals surface area contributed by atoms with E-state index in [1.165, 1.54) is 31.0 Å². The molecule has 22 heavy (non-hydrogen) atoms. The first-order valence-corrected chi connectivity index (χ1v) is 9.54. The average molecular weight is 392 g/mol. The molecule has 0 bridgehead atoms. The molecule has 1 fully saturated rings. The summed E-state index contributed by atoms with van der Waals surface area (Å²) in [4.78, 5) is 0.207. The number of hydrogen-bond donors (Lipinski definition) is 0. The van der Waals surface area contributed by atoms with Gasteiger partial charge in [0.05, 0.1) is 14.2 Å². The van der Waals surface area contributed by atoms with E-state index < -0.39 is 10.0 Å². The predicted octanol–water partition coefficient (Wildman–Crippen LogP) is 3.42. The Bertz CT molecular complexity index is 627. The lowest BCUT2D eigenvalue weighted by Crippen LogP contribution is -2.38. The van der Waals surface area contributed by atoms with Crippen molar-refractivity contribution in [2.45, 2.75) is 43.0 Å². The number of benzene rings is 1. The molecule has 124 valence electrons. The van der Waals surface area contributed by atoms with Crippen LogP contribution < -0.4 is 9.47 Å². The maximum Gasteiger partial charge on any atom is 0.244 e. The smallest absolute Gasteiger partial charge is 0.244 e. The fourth-order valence-corrected chi connectivity index (χ4v) is 5.24. The molecule has 0 N–H and O–H groups in total. The fraction of sp³-hybridized carbons (Fsp3) is 0.600. The van der Waals surface area contributed by atoms with Gasteiger partial charge in [0.1, 0.15) is 4.90 Å². The van der Waals surface area contributed by atoms with Gasteiger partial charge in [-0.3, -0.25) is 0 Å². The number of ether oxygens (including phenoxy) is 2. The minimum absolute atomic E-state index is 0.0683. The molecule has 1 aromatic rings. The van der Waals surface area contributed by atoms with Crippen LogP contribution in [-0.4, -0.2) is 40.0 Å². The van der Waals surface area contributed by atoms with Crippen LogP contribution in [0.1, 0.15) is 32.1 Å². The van der Waals surface area contributed by atoms with E-state index in [9.17, 15) is 8.42 Å². The van der Waals surface area contributed by atoms with Crippen LogP contribution in [-0.2, 0) is 10.0 Å². The zero-order chi connectivity index (χ0) is 16.3. The molecule has 0 atom stereocenters. The van der Waals surface area contributed by atoms with Crippen molar-refractivity contribution in [2.75, 3.05) is 21.3 Å². The van der Waals surface area contributed by atoms with E-state index in [1.54, 1.807) is 13.1 Å². The van der Waals surface area contributed by atoms with Crippen molar-refractivity contribution in [3.05, 3.63) is 16.6 Å². The topological polar surface area (TPSA) is 55.8 Å². The van der Waals surface area contributed by atoms with E-state index in [2.05, 4.69) is 15.9 Å². The predicted molar refractivity (Wildman–Crippen MR) is 89.1 cm³/mol. The molecule has 2 rings (SSSR count). The molecule has 1 aliphatic rings. The molecule has 0 aromatic heterocycles. The van der Waals surface area contributed by atoms with Gasteiger partial charge in [0, 0.05) is 23.6 Å². The van der Waals surface area contributed by atoms with Crippen molar-refractivity contribution in [3.8, 4) is 11.5 Å². The maximum absolute atomic E-state index is 12.9. The molecule has 0 radical (unpaired) electrons. The van der Waals surface area contributed by atoms with Crippen molar-refractivity contribution < 1.29 is 17.9 Å². The quantitative estimate of drug-likeness (QED) is 0.771. The van der Waals surface area contributed by atoms with E-state index in [4.69, 9.17) is 9.47 Å². The number of halogens is 1. The minimum Gasteiger partial charge on any atom is -0.493 e. The van der Waals surface area contributed by atoms with Gasteiger partial charge in [-0.05, 0) is 34.8 Å². The number of methoxy groups -OCH3 is 2. The van der Waals surface area contributed by atoms with Crippen LogP contribution in [0.2, 0.25) is 0 Å². The van der Waals surface area contributed by atoms with Gasteiger partial charge < -0.3 is 9.47 Å². The van der Waals surface area contributed by atoms with Gasteiger partial charge in [-0.25, -0.2) is 8.42 Å². The third kappa shape index (κ3) is 3.41. The van der Waals surface area contributed by atoms with E-state index >= 15 is 0 Å². The molecule has 7 heteroatoms. The maximum atomic E-state index is 12.9. The molecule has 0 amide bonds. The third-order valence-corrected chi connectivity index (χ3v) is 7.05. The molecule has 1 aromatic carbocycles. The Hall–Kier alpha value is -0.790. The highest BCUT2D eigenvalue weighted by Gasteiger charge is 2.31. The van der Waals surface area contributed by atoms with Crippen LogP contribution in [0.3, 0.4) is 0 Å². The number of rotatable bonds is 5. The summed E-state index contributed by atoms with van der Waals surface area (Å²) in [5, 5.41) is 0. The first kappa shape index (κ1) is 17.6. The summed E-state index contributed by atoms with van der Waals surface area (Å²) in [7, 11) is 1.10. The lowest BCUT2D eigenvalue weighted by molar-refractivity contribution is 0.285. The highest BCUT2D eigenvalue weighted by atomic mass is 79.9. The average Bonchev–Trinajstić information content (AvgIpc) is 2.54. The lowest BCUT2D eigenvalue weighted by atomic mass is 9.96. The molecule has 5 nitrogen and oxygen atoms in total. The molecule has 0 unspecified atom stereocenters. The normalized spacial score (nSPS) is 16.8. The third-order valence-electron chi connectivity index (χ3n) is 4.18. The largest absolute Gasteiger partial charge is 0.493 e. The highest BCUT2D eigenvalue weighted by molar-refractivity contribution is 9.10. The van der Waals surface area contributed by atoms with Gasteiger partial charge in [-0.2, -0.15) is 4.31 Å². The molecule has 0 aliphatic heterocycles. The van der Waals surface area contributed by atoms with E-state index in [-0.39, 0.29) is 10.9 Å². The Morgan fingerprint density at radius 2 is 1.64 bits per heavy atom. The zero-order valence-corrected chi connectivity index (χ0v) is 15.5. The lowest BCUT2D eigenvalue weighted by Gasteiger charge is -2.30. The monoisotopic (exact) mass is 391 g/mol. The van der Waals surface area contributed by atoms with Gasteiger partial charge in [-0.1, -0.05) is 19.3 Å². The van der Waals surface area contributed by atoms with Gasteiger partial charge in [0.2, 0.25) is 10.0 Å². The summed E-state index contributed by atoms with van der Waals surface area (Å²) in [5.74, 6) is 0.898. The zero-order valence-electron chi connectivity index (χ0n) is 13.1. The van der Waals surface area contributed by atoms with Crippen LogP contribution >= 0.6 is 15.9 Å². The summed E-state index contributed by atoms with van der Waals surface area (Å²) in [6.07, 6.45) is 5.18. The Balaban J connectivity index is 2.40. The minimum atomic E-state index is -3.58. The van der Waals surface area contributed by atoms with Crippen molar-refractivity contribution >= 4 is 26.0 Å². The summed E-state index contributed by atoms with van der Waals surface area (Å²) in [6.45, 7) is 0. The van der Waals surface area contributed by atoms with Gasteiger partial charge in [-0.15, -0.1) is 0 Å². The Kier molecular flexibility index (Phi) is 5.74. The molecule has 0 heterocycles. The standard InChI is InChI=1S/C15H22BrNO4S/c1-17(11-7-5-4-6-8-11)22(18,19)15-10-14(21-3)13(20-2)9-12(15)16/h9-11H,4-8H2,1-3H3. The van der Waals surface area contributed by atoms with Crippen molar-refractivity contribution in [2.24, 2.45) is 0 Å². The summed E-state index contributed by atoms with van der Waals surface area (Å²) in [6, 6.07) is 3.21. The Morgan fingerprint density at radius 3 is 2.18 bits per heavy atom. The molecule has 1 saturated carbocycles. The molecular weight excluding hydrogens is 370 g/mol. The van der Waals surface area contributed by atoms with E-state index in [0.29, 0.717) is 16.0 Å². The van der Waals surface area contributed by atoms with E-state index in [1.807, 2.05) is 0 Å². The Morgan fingerprint density at radius 1 is 1.09 bits per heavy atom. The first-order valence-electron chi connectivity index (χ1n) is 7.31. The summed E-state index contributed by atoms with van der Waals surface area (Å²) in [5.41, 5.74) is 0. The van der Waals surface area contributed by atoms with Crippen molar-refractivity contribution in [1.29, 1.82) is 0 Å². The van der Waals surface area contributed by atoms with Gasteiger partial charge >= 0.3 is 0 Å². The van der Waals surface area contributed by atoms with Crippen LogP contribution in [0.15, 0.2) is 21.5 Å². The second-order valence-corrected chi connectivity index (χ2v) is 8.27. The fourth-order valence-electron chi connectivity index (χ4n) is 2.83. The van der Waals surface area contributed by atoms with Gasteiger partial charge in [0.15, 0.2) is 11.5 Å². The Labute approximate surface area is 140 Å². The number of hydrogen-bond acceptors (Lipinski definition) is 4. The van der Waals surface area contributed by atoms with Crippen LogP contribution in [0.5, 0.6) is 11.5 Å². The van der Waals surface area contributed by atoms with Crippen LogP contribution in [0.4, 0.5) is 0 Å². The molecule has 0 spiro atoms. The number of nitrogens with zero attached hydrogens (tertiary/aromatic N) is 1.